The molecule has 0 bridgehead atoms. The molecule has 0 aliphatic carbocycles. The van der Waals surface area contributed by atoms with Gasteiger partial charge in [-0.25, -0.2) is 9.97 Å². The SMILES string of the molecule is O=C(O)Cc1csc(Sc2ncccc2C(F)(F)F)n1. The number of hydrogen-bond donors (Lipinski definition) is 1. The van der Waals surface area contributed by atoms with Gasteiger partial charge in [0.05, 0.1) is 17.7 Å². The van der Waals surface area contributed by atoms with E-state index in [1.807, 2.05) is 0 Å². The molecule has 4 nitrogen and oxygen atoms in total. The van der Waals surface area contributed by atoms with Gasteiger partial charge in [-0.05, 0) is 23.9 Å². The highest BCUT2D eigenvalue weighted by atomic mass is 32.2. The van der Waals surface area contributed by atoms with Gasteiger partial charge in [0.2, 0.25) is 0 Å². The van der Waals surface area contributed by atoms with Gasteiger partial charge in [-0.2, -0.15) is 13.2 Å². The maximum Gasteiger partial charge on any atom is 0.419 e. The lowest BCUT2D eigenvalue weighted by Crippen LogP contribution is -2.07. The second-order valence-corrected chi connectivity index (χ2v) is 5.73. The molecule has 0 atom stereocenters. The van der Waals surface area contributed by atoms with Crippen molar-refractivity contribution in [2.24, 2.45) is 0 Å². The van der Waals surface area contributed by atoms with Crippen LogP contribution in [0.2, 0.25) is 0 Å². The number of aliphatic carboxylic acids is 1. The Morgan fingerprint density at radius 2 is 2.20 bits per heavy atom. The van der Waals surface area contributed by atoms with E-state index in [0.29, 0.717) is 10.0 Å². The van der Waals surface area contributed by atoms with Crippen molar-refractivity contribution < 1.29 is 23.1 Å². The Balaban J connectivity index is 2.22. The summed E-state index contributed by atoms with van der Waals surface area (Å²) in [4.78, 5) is 18.2. The predicted molar refractivity (Wildman–Crippen MR) is 66.8 cm³/mol. The van der Waals surface area contributed by atoms with Crippen LogP contribution in [0.5, 0.6) is 0 Å². The Morgan fingerprint density at radius 3 is 2.85 bits per heavy atom. The van der Waals surface area contributed by atoms with Crippen LogP contribution in [0.1, 0.15) is 11.3 Å². The Hall–Kier alpha value is -1.61. The highest BCUT2D eigenvalue weighted by Gasteiger charge is 2.34. The fourth-order valence-corrected chi connectivity index (χ4v) is 3.19. The maximum atomic E-state index is 12.8. The van der Waals surface area contributed by atoms with E-state index in [4.69, 9.17) is 5.11 Å². The van der Waals surface area contributed by atoms with Crippen molar-refractivity contribution in [2.45, 2.75) is 22.0 Å². The molecule has 0 radical (unpaired) electrons. The van der Waals surface area contributed by atoms with Gasteiger partial charge in [-0.15, -0.1) is 11.3 Å². The van der Waals surface area contributed by atoms with Gasteiger partial charge >= 0.3 is 12.1 Å². The van der Waals surface area contributed by atoms with E-state index in [9.17, 15) is 18.0 Å². The van der Waals surface area contributed by atoms with E-state index >= 15 is 0 Å². The second-order valence-electron chi connectivity index (χ2n) is 3.63. The molecule has 106 valence electrons. The maximum absolute atomic E-state index is 12.8. The third kappa shape index (κ3) is 3.70. The number of carboxylic acid groups (broad SMARTS) is 1. The molecule has 1 N–H and O–H groups in total. The van der Waals surface area contributed by atoms with Crippen LogP contribution in [0.4, 0.5) is 13.2 Å². The van der Waals surface area contributed by atoms with Crippen LogP contribution < -0.4 is 0 Å². The van der Waals surface area contributed by atoms with Crippen molar-refractivity contribution >= 4 is 29.1 Å². The zero-order valence-electron chi connectivity index (χ0n) is 9.72. The van der Waals surface area contributed by atoms with Gasteiger partial charge in [0, 0.05) is 11.6 Å². The van der Waals surface area contributed by atoms with E-state index in [1.165, 1.54) is 17.6 Å². The molecule has 0 aliphatic rings. The fraction of sp³-hybridized carbons (Fsp3) is 0.182. The molecule has 2 aromatic heterocycles. The minimum atomic E-state index is -4.49. The summed E-state index contributed by atoms with van der Waals surface area (Å²) in [6, 6.07) is 2.16. The number of rotatable bonds is 4. The first-order valence-corrected chi connectivity index (χ1v) is 6.92. The van der Waals surface area contributed by atoms with Crippen molar-refractivity contribution in [1.29, 1.82) is 0 Å². The monoisotopic (exact) mass is 320 g/mol. The van der Waals surface area contributed by atoms with E-state index in [2.05, 4.69) is 9.97 Å². The largest absolute Gasteiger partial charge is 0.481 e. The highest BCUT2D eigenvalue weighted by Crippen LogP contribution is 2.38. The molecule has 0 unspecified atom stereocenters. The van der Waals surface area contributed by atoms with Gasteiger partial charge in [-0.3, -0.25) is 4.79 Å². The van der Waals surface area contributed by atoms with Gasteiger partial charge in [0.15, 0.2) is 4.34 Å². The molecule has 20 heavy (non-hydrogen) atoms. The average molecular weight is 320 g/mol. The molecule has 2 rings (SSSR count). The Kier molecular flexibility index (Phi) is 4.29. The molecular weight excluding hydrogens is 313 g/mol. The van der Waals surface area contributed by atoms with E-state index in [1.54, 1.807) is 0 Å². The quantitative estimate of drug-likeness (QED) is 0.936. The van der Waals surface area contributed by atoms with Gasteiger partial charge in [-0.1, -0.05) is 0 Å². The molecule has 0 saturated heterocycles. The van der Waals surface area contributed by atoms with Gasteiger partial charge < -0.3 is 5.11 Å². The molecular formula is C11H7F3N2O2S2. The molecule has 2 aromatic rings. The normalized spacial score (nSPS) is 11.6. The van der Waals surface area contributed by atoms with Crippen LogP contribution in [0.25, 0.3) is 0 Å². The molecule has 2 heterocycles. The van der Waals surface area contributed by atoms with E-state index in [0.717, 1.165) is 29.2 Å². The number of nitrogens with zero attached hydrogens (tertiary/aromatic N) is 2. The number of carbonyl (C=O) groups is 1. The van der Waals surface area contributed by atoms with Gasteiger partial charge in [0.1, 0.15) is 5.03 Å². The standard InChI is InChI=1S/C11H7F3N2O2S2/c12-11(13,14)7-2-1-3-15-9(7)20-10-16-6(5-19-10)4-8(17)18/h1-3,5H,4H2,(H,17,18). The molecule has 0 spiro atoms. The number of alkyl halides is 3. The lowest BCUT2D eigenvalue weighted by molar-refractivity contribution is -0.140. The van der Waals surface area contributed by atoms with Crippen LogP contribution in [-0.2, 0) is 17.4 Å². The van der Waals surface area contributed by atoms with Crippen molar-refractivity contribution in [1.82, 2.24) is 9.97 Å². The van der Waals surface area contributed by atoms with Crippen LogP contribution >= 0.6 is 23.1 Å². The second kappa shape index (κ2) is 5.80. The van der Waals surface area contributed by atoms with Crippen molar-refractivity contribution in [3.8, 4) is 0 Å². The number of aromatic nitrogens is 2. The topological polar surface area (TPSA) is 63.1 Å². The van der Waals surface area contributed by atoms with E-state index in [-0.39, 0.29) is 11.4 Å². The summed E-state index contributed by atoms with van der Waals surface area (Å²) in [5.74, 6) is -1.04. The number of thiazole rings is 1. The lowest BCUT2D eigenvalue weighted by atomic mass is 10.3. The molecule has 0 amide bonds. The third-order valence-electron chi connectivity index (χ3n) is 2.12. The summed E-state index contributed by atoms with van der Waals surface area (Å²) in [7, 11) is 0. The summed E-state index contributed by atoms with van der Waals surface area (Å²) < 4.78 is 38.7. The van der Waals surface area contributed by atoms with Crippen LogP contribution in [-0.4, -0.2) is 21.0 Å². The molecule has 0 fully saturated rings. The molecule has 0 aromatic carbocycles. The van der Waals surface area contributed by atoms with E-state index < -0.39 is 17.7 Å². The van der Waals surface area contributed by atoms with Crippen LogP contribution in [0.15, 0.2) is 33.1 Å². The Bertz CT molecular complexity index is 628. The van der Waals surface area contributed by atoms with Crippen molar-refractivity contribution in [3.05, 3.63) is 35.0 Å². The zero-order valence-corrected chi connectivity index (χ0v) is 11.3. The lowest BCUT2D eigenvalue weighted by Gasteiger charge is -2.09. The first kappa shape index (κ1) is 14.8. The number of hydrogen-bond acceptors (Lipinski definition) is 5. The number of halogens is 3. The first-order valence-electron chi connectivity index (χ1n) is 5.22. The fourth-order valence-electron chi connectivity index (χ4n) is 1.34. The summed E-state index contributed by atoms with van der Waals surface area (Å²) in [5.41, 5.74) is -0.519. The molecule has 0 saturated carbocycles. The molecule has 0 aliphatic heterocycles. The number of pyridine rings is 1. The summed E-state index contributed by atoms with van der Waals surface area (Å²) >= 11 is 1.86. The predicted octanol–water partition coefficient (Wildman–Crippen LogP) is 3.34. The first-order chi connectivity index (χ1) is 9.36. The smallest absolute Gasteiger partial charge is 0.419 e. The summed E-state index contributed by atoms with van der Waals surface area (Å²) in [6.45, 7) is 0. The van der Waals surface area contributed by atoms with Crippen LogP contribution in [0, 0.1) is 0 Å². The Morgan fingerprint density at radius 1 is 1.45 bits per heavy atom. The third-order valence-corrected chi connectivity index (χ3v) is 4.13. The minimum Gasteiger partial charge on any atom is -0.481 e. The average Bonchev–Trinajstić information content (AvgIpc) is 2.75. The number of carboxylic acids is 1. The van der Waals surface area contributed by atoms with Crippen molar-refractivity contribution in [2.75, 3.05) is 0 Å². The minimum absolute atomic E-state index is 0.198. The van der Waals surface area contributed by atoms with Gasteiger partial charge in [0.25, 0.3) is 0 Å². The summed E-state index contributed by atoms with van der Waals surface area (Å²) in [6.07, 6.45) is -3.48. The highest BCUT2D eigenvalue weighted by molar-refractivity contribution is 8.01. The Labute approximate surface area is 119 Å². The van der Waals surface area contributed by atoms with Crippen LogP contribution in [0.3, 0.4) is 0 Å². The summed E-state index contributed by atoms with van der Waals surface area (Å²) in [5, 5.41) is 9.92. The molecule has 9 heteroatoms. The van der Waals surface area contributed by atoms with Crippen molar-refractivity contribution in [3.63, 3.8) is 0 Å². The zero-order chi connectivity index (χ0) is 14.8.